The summed E-state index contributed by atoms with van der Waals surface area (Å²) in [6.07, 6.45) is 6.33. The van der Waals surface area contributed by atoms with Gasteiger partial charge >= 0.3 is 0 Å². The zero-order valence-electron chi connectivity index (χ0n) is 11.5. The van der Waals surface area contributed by atoms with Crippen molar-refractivity contribution in [1.29, 1.82) is 0 Å². The van der Waals surface area contributed by atoms with Gasteiger partial charge in [-0.25, -0.2) is 4.98 Å². The minimum atomic E-state index is -0.234. The maximum Gasteiger partial charge on any atom is 0.291 e. The first-order valence-corrected chi connectivity index (χ1v) is 7.06. The molecular weight excluding hydrogens is 256 g/mol. The summed E-state index contributed by atoms with van der Waals surface area (Å²) in [5, 5.41) is 9.76. The van der Waals surface area contributed by atoms with Gasteiger partial charge in [0.1, 0.15) is 11.6 Å². The smallest absolute Gasteiger partial charge is 0.291 e. The third-order valence-electron chi connectivity index (χ3n) is 3.58. The molecule has 2 heterocycles. The topological polar surface area (TPSA) is 83.8 Å². The summed E-state index contributed by atoms with van der Waals surface area (Å²) in [5.41, 5.74) is 1.08. The number of fused-ring (bicyclic) bond motifs is 1. The van der Waals surface area contributed by atoms with Gasteiger partial charge in [0.25, 0.3) is 5.91 Å². The molecule has 0 saturated heterocycles. The monoisotopic (exact) mass is 274 g/mol. The predicted molar refractivity (Wildman–Crippen MR) is 72.2 cm³/mol. The summed E-state index contributed by atoms with van der Waals surface area (Å²) in [6.45, 7) is 2.06. The number of carbonyl (C=O) groups is 1. The van der Waals surface area contributed by atoms with Crippen molar-refractivity contribution in [1.82, 2.24) is 20.5 Å². The second kappa shape index (κ2) is 5.48. The maximum atomic E-state index is 12.2. The van der Waals surface area contributed by atoms with Crippen molar-refractivity contribution in [2.75, 3.05) is 0 Å². The molecule has 2 N–H and O–H groups in total. The number of aromatic amines is 1. The first-order chi connectivity index (χ1) is 9.78. The molecule has 0 spiro atoms. The molecule has 2 aromatic heterocycles. The number of hydrogen-bond donors (Lipinski definition) is 2. The number of furan rings is 1. The molecule has 0 aromatic carbocycles. The molecule has 20 heavy (non-hydrogen) atoms. The zero-order chi connectivity index (χ0) is 13.9. The summed E-state index contributed by atoms with van der Waals surface area (Å²) in [7, 11) is 0. The van der Waals surface area contributed by atoms with E-state index in [-0.39, 0.29) is 17.8 Å². The van der Waals surface area contributed by atoms with Gasteiger partial charge in [-0.2, -0.15) is 0 Å². The van der Waals surface area contributed by atoms with Crippen LogP contribution in [0.25, 0.3) is 0 Å². The highest BCUT2D eigenvalue weighted by molar-refractivity contribution is 5.90. The van der Waals surface area contributed by atoms with Gasteiger partial charge in [0.05, 0.1) is 12.3 Å². The number of aryl methyl sites for hydroxylation is 2. The maximum absolute atomic E-state index is 12.2. The van der Waals surface area contributed by atoms with Gasteiger partial charge in [-0.05, 0) is 25.3 Å². The van der Waals surface area contributed by atoms with Crippen LogP contribution < -0.4 is 5.32 Å². The van der Waals surface area contributed by atoms with E-state index >= 15 is 0 Å². The van der Waals surface area contributed by atoms with Gasteiger partial charge in [0.15, 0.2) is 0 Å². The van der Waals surface area contributed by atoms with E-state index in [0.29, 0.717) is 0 Å². The number of nitrogens with one attached hydrogen (secondary N) is 2. The predicted octanol–water partition coefficient (Wildman–Crippen LogP) is 2.16. The van der Waals surface area contributed by atoms with E-state index in [1.807, 2.05) is 6.07 Å². The molecule has 6 heteroatoms. The summed E-state index contributed by atoms with van der Waals surface area (Å²) >= 11 is 0. The number of hydrogen-bond acceptors (Lipinski definition) is 4. The van der Waals surface area contributed by atoms with Crippen LogP contribution in [-0.4, -0.2) is 21.1 Å². The van der Waals surface area contributed by atoms with Crippen LogP contribution in [0.4, 0.5) is 0 Å². The molecule has 106 valence electrons. The Labute approximate surface area is 117 Å². The van der Waals surface area contributed by atoms with Gasteiger partial charge in [-0.15, -0.1) is 5.10 Å². The van der Waals surface area contributed by atoms with Crippen LogP contribution in [0.2, 0.25) is 0 Å². The fourth-order valence-corrected chi connectivity index (χ4v) is 2.60. The van der Waals surface area contributed by atoms with Crippen LogP contribution >= 0.6 is 0 Å². The third kappa shape index (κ3) is 2.45. The lowest BCUT2D eigenvalue weighted by Gasteiger charge is -2.21. The molecule has 0 aliphatic heterocycles. The minimum Gasteiger partial charge on any atom is -0.469 e. The first-order valence-electron chi connectivity index (χ1n) is 7.06. The van der Waals surface area contributed by atoms with E-state index in [4.69, 9.17) is 4.42 Å². The second-order valence-corrected chi connectivity index (χ2v) is 5.07. The number of nitrogens with zero attached hydrogens (tertiary/aromatic N) is 2. The Morgan fingerprint density at radius 3 is 3.35 bits per heavy atom. The Morgan fingerprint density at radius 2 is 2.50 bits per heavy atom. The average Bonchev–Trinajstić information content (AvgIpc) is 3.08. The lowest BCUT2D eigenvalue weighted by molar-refractivity contribution is 0.0922. The van der Waals surface area contributed by atoms with Crippen LogP contribution in [0.3, 0.4) is 0 Å². The van der Waals surface area contributed by atoms with Crippen LogP contribution in [0, 0.1) is 0 Å². The highest BCUT2D eigenvalue weighted by Gasteiger charge is 2.25. The van der Waals surface area contributed by atoms with Crippen molar-refractivity contribution in [2.24, 2.45) is 0 Å². The Bertz CT molecular complexity index is 602. The molecule has 0 bridgehead atoms. The normalized spacial score (nSPS) is 17.8. The summed E-state index contributed by atoms with van der Waals surface area (Å²) in [6, 6.07) is 1.93. The summed E-state index contributed by atoms with van der Waals surface area (Å²) in [5.74, 6) is 1.71. The number of aromatic nitrogens is 3. The Morgan fingerprint density at radius 1 is 1.60 bits per heavy atom. The Balaban J connectivity index is 1.70. The lowest BCUT2D eigenvalue weighted by atomic mass is 9.93. The van der Waals surface area contributed by atoms with Crippen molar-refractivity contribution in [3.05, 3.63) is 35.3 Å². The van der Waals surface area contributed by atoms with Crippen LogP contribution in [-0.2, 0) is 12.8 Å². The highest BCUT2D eigenvalue weighted by Crippen LogP contribution is 2.30. The molecule has 1 amide bonds. The molecule has 1 aliphatic rings. The van der Waals surface area contributed by atoms with Crippen molar-refractivity contribution in [2.45, 2.75) is 45.1 Å². The van der Waals surface area contributed by atoms with Gasteiger partial charge < -0.3 is 9.73 Å². The third-order valence-corrected chi connectivity index (χ3v) is 3.58. The van der Waals surface area contributed by atoms with Gasteiger partial charge in [-0.1, -0.05) is 6.92 Å². The molecule has 2 aromatic rings. The molecule has 1 aliphatic carbocycles. The molecule has 0 fully saturated rings. The van der Waals surface area contributed by atoms with Gasteiger partial charge in [-0.3, -0.25) is 9.89 Å². The summed E-state index contributed by atoms with van der Waals surface area (Å²) in [4.78, 5) is 16.4. The zero-order valence-corrected chi connectivity index (χ0v) is 11.5. The quantitative estimate of drug-likeness (QED) is 0.894. The largest absolute Gasteiger partial charge is 0.469 e. The fraction of sp³-hybridized carbons (Fsp3) is 0.500. The molecule has 0 radical (unpaired) electrons. The average molecular weight is 274 g/mol. The molecule has 1 atom stereocenters. The Hall–Kier alpha value is -2.11. The standard InChI is InChI=1S/C14H18N4O2/c1-2-4-12-16-13(18-17-12)14(19)15-10-5-3-6-11-9(10)7-8-20-11/h7-8,10H,2-6H2,1H3,(H,15,19)(H,16,17,18). The van der Waals surface area contributed by atoms with E-state index < -0.39 is 0 Å². The lowest BCUT2D eigenvalue weighted by Crippen LogP contribution is -2.31. The van der Waals surface area contributed by atoms with E-state index in [0.717, 1.165) is 49.3 Å². The van der Waals surface area contributed by atoms with E-state index in [1.54, 1.807) is 6.26 Å². The Kier molecular flexibility index (Phi) is 3.54. The fourth-order valence-electron chi connectivity index (χ4n) is 2.60. The first kappa shape index (κ1) is 12.9. The second-order valence-electron chi connectivity index (χ2n) is 5.07. The van der Waals surface area contributed by atoms with Crippen molar-refractivity contribution in [3.8, 4) is 0 Å². The molecule has 0 saturated carbocycles. The number of H-pyrrole nitrogens is 1. The van der Waals surface area contributed by atoms with Crippen molar-refractivity contribution < 1.29 is 9.21 Å². The molecule has 6 nitrogen and oxygen atoms in total. The van der Waals surface area contributed by atoms with Gasteiger partial charge in [0, 0.05) is 18.4 Å². The summed E-state index contributed by atoms with van der Waals surface area (Å²) < 4.78 is 5.42. The van der Waals surface area contributed by atoms with Crippen LogP contribution in [0.5, 0.6) is 0 Å². The number of carbonyl (C=O) groups excluding carboxylic acids is 1. The van der Waals surface area contributed by atoms with Crippen molar-refractivity contribution >= 4 is 5.91 Å². The van der Waals surface area contributed by atoms with Gasteiger partial charge in [0.2, 0.25) is 5.82 Å². The number of rotatable bonds is 4. The minimum absolute atomic E-state index is 0.00174. The van der Waals surface area contributed by atoms with Crippen LogP contribution in [0.1, 0.15) is 60.0 Å². The van der Waals surface area contributed by atoms with Crippen LogP contribution in [0.15, 0.2) is 16.7 Å². The molecule has 3 rings (SSSR count). The van der Waals surface area contributed by atoms with E-state index in [2.05, 4.69) is 27.4 Å². The van der Waals surface area contributed by atoms with E-state index in [1.165, 1.54) is 0 Å². The van der Waals surface area contributed by atoms with E-state index in [9.17, 15) is 4.79 Å². The van der Waals surface area contributed by atoms with Crippen molar-refractivity contribution in [3.63, 3.8) is 0 Å². The number of amides is 1. The molecular formula is C14H18N4O2. The molecule has 1 unspecified atom stereocenters. The SMILES string of the molecule is CCCc1nc(C(=O)NC2CCCc3occc32)n[nH]1. The highest BCUT2D eigenvalue weighted by atomic mass is 16.3.